The molecule has 2 aliphatic heterocycles. The smallest absolute Gasteiger partial charge is 0.320 e. The minimum absolute atomic E-state index is 0.0107. The number of benzene rings is 1. The van der Waals surface area contributed by atoms with Crippen LogP contribution in [-0.2, 0) is 9.53 Å². The van der Waals surface area contributed by atoms with Crippen molar-refractivity contribution in [1.29, 1.82) is 5.26 Å². The quantitative estimate of drug-likeness (QED) is 0.357. The van der Waals surface area contributed by atoms with Gasteiger partial charge in [-0.25, -0.2) is 0 Å². The van der Waals surface area contributed by atoms with Gasteiger partial charge in [0.25, 0.3) is 0 Å². The fraction of sp³-hybridized carbons (Fsp3) is 0.500. The summed E-state index contributed by atoms with van der Waals surface area (Å²) in [6.45, 7) is 5.29. The van der Waals surface area contributed by atoms with Gasteiger partial charge in [-0.05, 0) is 68.3 Å². The third kappa shape index (κ3) is 6.40. The summed E-state index contributed by atoms with van der Waals surface area (Å²) in [7, 11) is 3.18. The second-order valence-electron chi connectivity index (χ2n) is 9.41. The third-order valence-electron chi connectivity index (χ3n) is 7.04. The van der Waals surface area contributed by atoms with E-state index in [1.165, 1.54) is 6.42 Å². The molecule has 1 atom stereocenters. The topological polar surface area (TPSA) is 75.0 Å². The molecule has 1 unspecified atom stereocenters. The van der Waals surface area contributed by atoms with Crippen LogP contribution in [0.15, 0.2) is 30.3 Å². The average Bonchev–Trinajstić information content (AvgIpc) is 3.37. The zero-order valence-corrected chi connectivity index (χ0v) is 22.2. The minimum Gasteiger partial charge on any atom is -0.493 e. The summed E-state index contributed by atoms with van der Waals surface area (Å²) < 4.78 is 16.5. The van der Waals surface area contributed by atoms with Gasteiger partial charge in [0.2, 0.25) is 0 Å². The molecule has 8 heteroatoms. The molecule has 7 nitrogen and oxygen atoms in total. The molecular weight excluding hydrogens is 474 g/mol. The highest BCUT2D eigenvalue weighted by atomic mass is 32.1. The lowest BCUT2D eigenvalue weighted by Gasteiger charge is -2.34. The Balaban J connectivity index is 1.32. The van der Waals surface area contributed by atoms with E-state index in [9.17, 15) is 10.1 Å². The normalized spacial score (nSPS) is 19.6. The lowest BCUT2D eigenvalue weighted by atomic mass is 10.0. The first-order valence-corrected chi connectivity index (χ1v) is 13.4. The van der Waals surface area contributed by atoms with Crippen LogP contribution in [-0.4, -0.2) is 63.4 Å². The number of piperidine rings is 2. The highest BCUT2D eigenvalue weighted by molar-refractivity contribution is 7.17. The zero-order valence-electron chi connectivity index (χ0n) is 21.4. The van der Waals surface area contributed by atoms with E-state index >= 15 is 0 Å². The van der Waals surface area contributed by atoms with Crippen molar-refractivity contribution in [2.24, 2.45) is 0 Å². The molecule has 4 rings (SSSR count). The molecule has 2 aromatic rings. The van der Waals surface area contributed by atoms with Crippen molar-refractivity contribution < 1.29 is 19.0 Å². The van der Waals surface area contributed by atoms with Gasteiger partial charge in [0.15, 0.2) is 11.5 Å². The molecule has 0 spiro atoms. The Morgan fingerprint density at radius 1 is 1.08 bits per heavy atom. The van der Waals surface area contributed by atoms with Gasteiger partial charge in [-0.15, -0.1) is 11.3 Å². The Kier molecular flexibility index (Phi) is 8.89. The van der Waals surface area contributed by atoms with Crippen LogP contribution in [0.5, 0.6) is 11.5 Å². The summed E-state index contributed by atoms with van der Waals surface area (Å²) in [5, 5.41) is 10.9. The number of allylic oxidation sites excluding steroid dienone is 1. The number of nitrogens with zero attached hydrogens (tertiary/aromatic N) is 3. The van der Waals surface area contributed by atoms with Crippen LogP contribution in [0, 0.1) is 11.3 Å². The maximum absolute atomic E-state index is 12.5. The van der Waals surface area contributed by atoms with Crippen LogP contribution in [0.4, 0.5) is 5.00 Å². The third-order valence-corrected chi connectivity index (χ3v) is 8.13. The number of hydrogen-bond acceptors (Lipinski definition) is 8. The van der Waals surface area contributed by atoms with Gasteiger partial charge < -0.3 is 19.1 Å². The number of anilines is 1. The van der Waals surface area contributed by atoms with E-state index in [0.717, 1.165) is 60.8 Å². The highest BCUT2D eigenvalue weighted by Gasteiger charge is 2.26. The van der Waals surface area contributed by atoms with Crippen LogP contribution in [0.1, 0.15) is 49.5 Å². The number of carbonyl (C=O) groups is 1. The summed E-state index contributed by atoms with van der Waals surface area (Å²) in [6, 6.07) is 12.4. The van der Waals surface area contributed by atoms with Crippen molar-refractivity contribution in [2.45, 2.75) is 51.2 Å². The maximum atomic E-state index is 12.5. The largest absolute Gasteiger partial charge is 0.493 e. The average molecular weight is 510 g/mol. The van der Waals surface area contributed by atoms with Crippen LogP contribution >= 0.6 is 11.3 Å². The molecule has 2 aliphatic rings. The summed E-state index contributed by atoms with van der Waals surface area (Å²) in [5.41, 5.74) is 1.35. The molecule has 2 fully saturated rings. The molecular formula is C28H35N3O4S. The van der Waals surface area contributed by atoms with Gasteiger partial charge >= 0.3 is 5.97 Å². The fourth-order valence-electron chi connectivity index (χ4n) is 4.89. The maximum Gasteiger partial charge on any atom is 0.320 e. The second kappa shape index (κ2) is 12.3. The first kappa shape index (κ1) is 26.1. The first-order valence-electron chi connectivity index (χ1n) is 12.6. The van der Waals surface area contributed by atoms with Crippen molar-refractivity contribution in [2.75, 3.05) is 45.3 Å². The molecule has 192 valence electrons. The summed E-state index contributed by atoms with van der Waals surface area (Å²) in [4.78, 5) is 18.1. The Labute approximate surface area is 217 Å². The Morgan fingerprint density at radius 2 is 1.86 bits per heavy atom. The van der Waals surface area contributed by atoms with Crippen LogP contribution in [0.25, 0.3) is 11.6 Å². The van der Waals surface area contributed by atoms with Crippen molar-refractivity contribution in [3.63, 3.8) is 0 Å². The molecule has 1 aromatic heterocycles. The molecule has 2 saturated heterocycles. The van der Waals surface area contributed by atoms with E-state index in [2.05, 4.69) is 28.9 Å². The predicted molar refractivity (Wildman–Crippen MR) is 144 cm³/mol. The summed E-state index contributed by atoms with van der Waals surface area (Å²) >= 11 is 1.66. The molecule has 3 heterocycles. The fourth-order valence-corrected chi connectivity index (χ4v) is 5.89. The second-order valence-corrected chi connectivity index (χ2v) is 10.5. The molecule has 1 aromatic carbocycles. The van der Waals surface area contributed by atoms with E-state index in [0.29, 0.717) is 29.7 Å². The van der Waals surface area contributed by atoms with Crippen molar-refractivity contribution in [3.05, 3.63) is 40.8 Å². The van der Waals surface area contributed by atoms with Crippen molar-refractivity contribution in [3.8, 4) is 17.6 Å². The van der Waals surface area contributed by atoms with Crippen LogP contribution in [0.2, 0.25) is 0 Å². The summed E-state index contributed by atoms with van der Waals surface area (Å²) in [6.07, 6.45) is 7.14. The first-order chi connectivity index (χ1) is 17.5. The Hall–Kier alpha value is -3.02. The Morgan fingerprint density at radius 3 is 2.56 bits per heavy atom. The predicted octanol–water partition coefficient (Wildman–Crippen LogP) is 5.22. The van der Waals surface area contributed by atoms with Gasteiger partial charge in [0.1, 0.15) is 6.10 Å². The number of likely N-dealkylation sites (tertiary alicyclic amines) is 1. The van der Waals surface area contributed by atoms with Crippen molar-refractivity contribution in [1.82, 2.24) is 4.90 Å². The highest BCUT2D eigenvalue weighted by Crippen LogP contribution is 2.34. The van der Waals surface area contributed by atoms with Crippen molar-refractivity contribution >= 4 is 34.0 Å². The number of hydrogen-bond donors (Lipinski definition) is 0. The number of carbonyl (C=O) groups excluding carboxylic acids is 1. The van der Waals surface area contributed by atoms with Gasteiger partial charge in [-0.2, -0.15) is 5.26 Å². The molecule has 0 aliphatic carbocycles. The number of rotatable bonds is 8. The van der Waals surface area contributed by atoms with Crippen LogP contribution in [0.3, 0.4) is 0 Å². The number of esters is 1. The minimum atomic E-state index is -0.0926. The lowest BCUT2D eigenvalue weighted by Crippen LogP contribution is -2.43. The van der Waals surface area contributed by atoms with Gasteiger partial charge in [0, 0.05) is 36.9 Å². The van der Waals surface area contributed by atoms with E-state index < -0.39 is 0 Å². The monoisotopic (exact) mass is 509 g/mol. The molecule has 0 N–H and O–H groups in total. The molecule has 0 amide bonds. The van der Waals surface area contributed by atoms with E-state index in [4.69, 9.17) is 14.2 Å². The van der Waals surface area contributed by atoms with E-state index in [1.807, 2.05) is 30.3 Å². The SMILES string of the molecule is COc1ccc(/C(C#N)=C/c2ccc(N3CCC(OC(=O)CN4CCCCC4C)CC3)s2)cc1OC. The standard InChI is InChI=1S/C28H35N3O4S/c1-20-6-4-5-13-31(20)19-28(32)35-23-11-14-30(15-12-23)27-10-8-24(36-27)16-22(18-29)21-7-9-25(33-2)26(17-21)34-3/h7-10,16-17,20,23H,4-6,11-15,19H2,1-3H3/b22-16+. The van der Waals surface area contributed by atoms with Gasteiger partial charge in [-0.1, -0.05) is 6.42 Å². The zero-order chi connectivity index (χ0) is 25.5. The molecule has 0 bridgehead atoms. The number of methoxy groups -OCH3 is 2. The van der Waals surface area contributed by atoms with Crippen LogP contribution < -0.4 is 14.4 Å². The number of thiophene rings is 1. The molecule has 0 saturated carbocycles. The van der Waals surface area contributed by atoms with E-state index in [-0.39, 0.29) is 12.1 Å². The Bertz CT molecular complexity index is 1110. The number of nitriles is 1. The van der Waals surface area contributed by atoms with Gasteiger partial charge in [-0.3, -0.25) is 9.69 Å². The number of ether oxygens (including phenoxy) is 3. The van der Waals surface area contributed by atoms with E-state index in [1.54, 1.807) is 25.6 Å². The lowest BCUT2D eigenvalue weighted by molar-refractivity contribution is -0.152. The molecule has 36 heavy (non-hydrogen) atoms. The summed E-state index contributed by atoms with van der Waals surface area (Å²) in [5.74, 6) is 1.13. The molecule has 0 radical (unpaired) electrons. The van der Waals surface area contributed by atoms with Gasteiger partial charge in [0.05, 0.1) is 37.4 Å².